The Morgan fingerprint density at radius 3 is 2.50 bits per heavy atom. The molecule has 0 spiro atoms. The number of halogens is 1. The van der Waals surface area contributed by atoms with Crippen LogP contribution in [0, 0.1) is 0 Å². The van der Waals surface area contributed by atoms with Crippen molar-refractivity contribution in [3.8, 4) is 0 Å². The van der Waals surface area contributed by atoms with E-state index in [-0.39, 0.29) is 5.54 Å². The van der Waals surface area contributed by atoms with Crippen LogP contribution in [0.15, 0.2) is 24.3 Å². The largest absolute Gasteiger partial charge is 0.321 e. The molecule has 1 saturated carbocycles. The highest BCUT2D eigenvalue weighted by atomic mass is 19.1. The summed E-state index contributed by atoms with van der Waals surface area (Å²) in [6.07, 6.45) is 2.20. The van der Waals surface area contributed by atoms with Gasteiger partial charge in [-0.15, -0.1) is 0 Å². The van der Waals surface area contributed by atoms with Gasteiger partial charge in [0.25, 0.3) is 0 Å². The standard InChI is InChI=1S/C12H16FN/c1-9(13)10-5-2-3-6-11(10)12(14)7-4-8-12/h2-3,5-6,9H,4,7-8,14H2,1H3. The van der Waals surface area contributed by atoms with Crippen molar-refractivity contribution in [2.75, 3.05) is 0 Å². The molecule has 1 aliphatic rings. The molecular weight excluding hydrogens is 177 g/mol. The summed E-state index contributed by atoms with van der Waals surface area (Å²) in [5.74, 6) is 0. The summed E-state index contributed by atoms with van der Waals surface area (Å²) >= 11 is 0. The minimum atomic E-state index is -0.924. The lowest BCUT2D eigenvalue weighted by molar-refractivity contribution is 0.245. The van der Waals surface area contributed by atoms with Gasteiger partial charge in [0.1, 0.15) is 6.17 Å². The first-order chi connectivity index (χ1) is 6.63. The summed E-state index contributed by atoms with van der Waals surface area (Å²) in [6.45, 7) is 1.57. The van der Waals surface area contributed by atoms with Crippen LogP contribution in [-0.4, -0.2) is 0 Å². The van der Waals surface area contributed by atoms with Crippen LogP contribution < -0.4 is 5.73 Å². The minimum absolute atomic E-state index is 0.253. The fourth-order valence-electron chi connectivity index (χ4n) is 2.12. The second-order valence-corrected chi connectivity index (χ2v) is 4.21. The van der Waals surface area contributed by atoms with Crippen LogP contribution in [0.5, 0.6) is 0 Å². The second kappa shape index (κ2) is 3.35. The third kappa shape index (κ3) is 1.44. The Balaban J connectivity index is 2.41. The highest BCUT2D eigenvalue weighted by Crippen LogP contribution is 2.41. The van der Waals surface area contributed by atoms with Gasteiger partial charge in [-0.05, 0) is 37.3 Å². The molecule has 0 saturated heterocycles. The Bertz CT molecular complexity index is 329. The van der Waals surface area contributed by atoms with Gasteiger partial charge in [0, 0.05) is 5.54 Å². The highest BCUT2D eigenvalue weighted by molar-refractivity contribution is 5.36. The summed E-state index contributed by atoms with van der Waals surface area (Å²) in [7, 11) is 0. The van der Waals surface area contributed by atoms with E-state index in [4.69, 9.17) is 5.73 Å². The average molecular weight is 193 g/mol. The number of nitrogens with two attached hydrogens (primary N) is 1. The quantitative estimate of drug-likeness (QED) is 0.767. The lowest BCUT2D eigenvalue weighted by atomic mass is 9.71. The zero-order valence-electron chi connectivity index (χ0n) is 8.46. The van der Waals surface area contributed by atoms with E-state index in [1.807, 2.05) is 24.3 Å². The van der Waals surface area contributed by atoms with Gasteiger partial charge in [0.05, 0.1) is 0 Å². The van der Waals surface area contributed by atoms with Crippen LogP contribution in [-0.2, 0) is 5.54 Å². The summed E-state index contributed by atoms with van der Waals surface area (Å²) in [5, 5.41) is 0. The van der Waals surface area contributed by atoms with Gasteiger partial charge < -0.3 is 5.73 Å². The fourth-order valence-corrected chi connectivity index (χ4v) is 2.12. The maximum absolute atomic E-state index is 13.3. The molecule has 1 aromatic carbocycles. The van der Waals surface area contributed by atoms with E-state index in [2.05, 4.69) is 0 Å². The summed E-state index contributed by atoms with van der Waals surface area (Å²) in [4.78, 5) is 0. The molecule has 0 aromatic heterocycles. The Hall–Kier alpha value is -0.890. The number of hydrogen-bond donors (Lipinski definition) is 1. The van der Waals surface area contributed by atoms with E-state index in [9.17, 15) is 4.39 Å². The number of hydrogen-bond acceptors (Lipinski definition) is 1. The molecule has 0 bridgehead atoms. The van der Waals surface area contributed by atoms with Crippen molar-refractivity contribution in [2.24, 2.45) is 5.73 Å². The van der Waals surface area contributed by atoms with E-state index < -0.39 is 6.17 Å². The van der Waals surface area contributed by atoms with Gasteiger partial charge in [-0.3, -0.25) is 0 Å². The number of benzene rings is 1. The van der Waals surface area contributed by atoms with E-state index in [1.54, 1.807) is 6.92 Å². The van der Waals surface area contributed by atoms with Crippen molar-refractivity contribution in [2.45, 2.75) is 37.9 Å². The first-order valence-electron chi connectivity index (χ1n) is 5.16. The normalized spacial score (nSPS) is 21.4. The molecule has 2 N–H and O–H groups in total. The lowest BCUT2D eigenvalue weighted by Crippen LogP contribution is -2.44. The molecule has 2 rings (SSSR count). The molecule has 1 unspecified atom stereocenters. The molecule has 14 heavy (non-hydrogen) atoms. The third-order valence-corrected chi connectivity index (χ3v) is 3.17. The Labute approximate surface area is 84.1 Å². The van der Waals surface area contributed by atoms with Crippen LogP contribution in [0.2, 0.25) is 0 Å². The van der Waals surface area contributed by atoms with E-state index in [0.29, 0.717) is 0 Å². The smallest absolute Gasteiger partial charge is 0.123 e. The molecule has 1 fully saturated rings. The van der Waals surface area contributed by atoms with Crippen LogP contribution in [0.4, 0.5) is 4.39 Å². The molecule has 1 nitrogen and oxygen atoms in total. The summed E-state index contributed by atoms with van der Waals surface area (Å²) in [5.41, 5.74) is 7.70. The molecule has 2 heteroatoms. The number of rotatable bonds is 2. The van der Waals surface area contributed by atoms with Crippen molar-refractivity contribution < 1.29 is 4.39 Å². The van der Waals surface area contributed by atoms with Crippen molar-refractivity contribution in [3.05, 3.63) is 35.4 Å². The van der Waals surface area contributed by atoms with Gasteiger partial charge in [-0.2, -0.15) is 0 Å². The maximum atomic E-state index is 13.3. The first-order valence-corrected chi connectivity index (χ1v) is 5.16. The van der Waals surface area contributed by atoms with E-state index in [0.717, 1.165) is 30.4 Å². The topological polar surface area (TPSA) is 26.0 Å². The Kier molecular flexibility index (Phi) is 2.31. The fraction of sp³-hybridized carbons (Fsp3) is 0.500. The SMILES string of the molecule is CC(F)c1ccccc1C1(N)CCC1. The van der Waals surface area contributed by atoms with Crippen LogP contribution in [0.1, 0.15) is 43.5 Å². The molecule has 0 aliphatic heterocycles. The predicted octanol–water partition coefficient (Wildman–Crippen LogP) is 3.06. The third-order valence-electron chi connectivity index (χ3n) is 3.17. The maximum Gasteiger partial charge on any atom is 0.123 e. The highest BCUT2D eigenvalue weighted by Gasteiger charge is 2.36. The molecular formula is C12H16FN. The van der Waals surface area contributed by atoms with E-state index >= 15 is 0 Å². The van der Waals surface area contributed by atoms with Crippen molar-refractivity contribution >= 4 is 0 Å². The van der Waals surface area contributed by atoms with Crippen LogP contribution >= 0.6 is 0 Å². The second-order valence-electron chi connectivity index (χ2n) is 4.21. The van der Waals surface area contributed by atoms with Crippen LogP contribution in [0.3, 0.4) is 0 Å². The summed E-state index contributed by atoms with van der Waals surface area (Å²) in [6, 6.07) is 7.61. The van der Waals surface area contributed by atoms with Crippen LogP contribution in [0.25, 0.3) is 0 Å². The Morgan fingerprint density at radius 1 is 1.36 bits per heavy atom. The number of alkyl halides is 1. The minimum Gasteiger partial charge on any atom is -0.321 e. The average Bonchev–Trinajstić information content (AvgIpc) is 2.14. The zero-order chi connectivity index (χ0) is 10.2. The molecule has 0 amide bonds. The monoisotopic (exact) mass is 193 g/mol. The van der Waals surface area contributed by atoms with Gasteiger partial charge in [0.2, 0.25) is 0 Å². The molecule has 0 heterocycles. The van der Waals surface area contributed by atoms with Crippen molar-refractivity contribution in [3.63, 3.8) is 0 Å². The molecule has 0 radical (unpaired) electrons. The van der Waals surface area contributed by atoms with Gasteiger partial charge in [-0.25, -0.2) is 4.39 Å². The van der Waals surface area contributed by atoms with Gasteiger partial charge in [-0.1, -0.05) is 24.3 Å². The lowest BCUT2D eigenvalue weighted by Gasteiger charge is -2.40. The van der Waals surface area contributed by atoms with E-state index in [1.165, 1.54) is 0 Å². The predicted molar refractivity (Wildman–Crippen MR) is 55.7 cm³/mol. The first kappa shape index (κ1) is 9.66. The molecule has 76 valence electrons. The Morgan fingerprint density at radius 2 is 2.00 bits per heavy atom. The van der Waals surface area contributed by atoms with Gasteiger partial charge in [0.15, 0.2) is 0 Å². The zero-order valence-corrected chi connectivity index (χ0v) is 8.46. The van der Waals surface area contributed by atoms with Crippen molar-refractivity contribution in [1.82, 2.24) is 0 Å². The molecule has 1 atom stereocenters. The van der Waals surface area contributed by atoms with Gasteiger partial charge >= 0.3 is 0 Å². The van der Waals surface area contributed by atoms with Crippen molar-refractivity contribution in [1.29, 1.82) is 0 Å². The summed E-state index contributed by atoms with van der Waals surface area (Å²) < 4.78 is 13.3. The molecule has 1 aliphatic carbocycles. The molecule has 1 aromatic rings.